The van der Waals surface area contributed by atoms with Gasteiger partial charge < -0.3 is 25.0 Å². The summed E-state index contributed by atoms with van der Waals surface area (Å²) in [5, 5.41) is 11.7. The van der Waals surface area contributed by atoms with E-state index < -0.39 is 7.14 Å². The van der Waals surface area contributed by atoms with Crippen molar-refractivity contribution in [3.63, 3.8) is 0 Å². The number of pyridine rings is 1. The van der Waals surface area contributed by atoms with E-state index in [9.17, 15) is 4.57 Å². The van der Waals surface area contributed by atoms with Gasteiger partial charge in [-0.25, -0.2) is 9.97 Å². The van der Waals surface area contributed by atoms with Gasteiger partial charge in [0.15, 0.2) is 0 Å². The summed E-state index contributed by atoms with van der Waals surface area (Å²) in [6, 6.07) is 5.77. The molecule has 2 N–H and O–H groups in total. The first-order chi connectivity index (χ1) is 20.2. The molecule has 5 aromatic rings. The van der Waals surface area contributed by atoms with E-state index in [1.807, 2.05) is 31.6 Å². The van der Waals surface area contributed by atoms with Gasteiger partial charge in [-0.2, -0.15) is 10.1 Å². The molecule has 216 valence electrons. The number of hydrogen-bond donors (Lipinski definition) is 2. The highest BCUT2D eigenvalue weighted by atomic mass is 79.9. The van der Waals surface area contributed by atoms with Gasteiger partial charge in [-0.1, -0.05) is 0 Å². The molecule has 42 heavy (non-hydrogen) atoms. The lowest BCUT2D eigenvalue weighted by Gasteiger charge is -2.34. The normalized spacial score (nSPS) is 14.4. The van der Waals surface area contributed by atoms with Crippen LogP contribution in [0, 0.1) is 0 Å². The maximum Gasteiger partial charge on any atom is 0.229 e. The summed E-state index contributed by atoms with van der Waals surface area (Å²) in [6.07, 6.45) is 10.5. The molecule has 0 amide bonds. The number of anilines is 5. The average molecular weight is 649 g/mol. The zero-order valence-corrected chi connectivity index (χ0v) is 26.3. The van der Waals surface area contributed by atoms with Crippen molar-refractivity contribution in [2.24, 2.45) is 7.05 Å². The van der Waals surface area contributed by atoms with Crippen LogP contribution in [-0.2, 0) is 11.6 Å². The summed E-state index contributed by atoms with van der Waals surface area (Å²) in [7, 11) is 1.31. The van der Waals surface area contributed by atoms with Crippen LogP contribution in [0.25, 0.3) is 22.2 Å². The minimum absolute atomic E-state index is 0.380. The molecule has 1 aliphatic rings. The molecular weight excluding hydrogens is 617 g/mol. The third-order valence-electron chi connectivity index (χ3n) is 7.09. The summed E-state index contributed by atoms with van der Waals surface area (Å²) >= 11 is 3.56. The van der Waals surface area contributed by atoms with Crippen LogP contribution in [0.1, 0.15) is 0 Å². The van der Waals surface area contributed by atoms with E-state index in [-0.39, 0.29) is 0 Å². The molecule has 12 nitrogen and oxygen atoms in total. The number of halogens is 1. The highest BCUT2D eigenvalue weighted by Gasteiger charge is 2.23. The number of benzene rings is 1. The van der Waals surface area contributed by atoms with E-state index in [4.69, 9.17) is 9.97 Å². The zero-order valence-electron chi connectivity index (χ0n) is 23.8. The Morgan fingerprint density at radius 3 is 2.45 bits per heavy atom. The fourth-order valence-electron chi connectivity index (χ4n) is 5.01. The summed E-state index contributed by atoms with van der Waals surface area (Å²) in [6.45, 7) is 7.21. The maximum atomic E-state index is 13.4. The first-order valence-corrected chi connectivity index (χ1v) is 16.8. The predicted octanol–water partition coefficient (Wildman–Crippen LogP) is 4.46. The van der Waals surface area contributed by atoms with E-state index in [1.165, 1.54) is 0 Å². The summed E-state index contributed by atoms with van der Waals surface area (Å²) in [5.41, 5.74) is 4.65. The molecule has 0 bridgehead atoms. The Kier molecular flexibility index (Phi) is 7.65. The van der Waals surface area contributed by atoms with Gasteiger partial charge in [0, 0.05) is 69.1 Å². The maximum absolute atomic E-state index is 13.4. The second-order valence-corrected chi connectivity index (χ2v) is 14.7. The molecule has 0 unspecified atom stereocenters. The first kappa shape index (κ1) is 28.2. The predicted molar refractivity (Wildman–Crippen MR) is 171 cm³/mol. The number of nitrogens with one attached hydrogen (secondary N) is 2. The molecule has 1 fully saturated rings. The van der Waals surface area contributed by atoms with Gasteiger partial charge in [-0.15, -0.1) is 0 Å². The number of aromatic nitrogens is 7. The Labute approximate surface area is 252 Å². The van der Waals surface area contributed by atoms with Gasteiger partial charge in [0.05, 0.1) is 39.1 Å². The molecule has 0 aliphatic carbocycles. The van der Waals surface area contributed by atoms with Crippen LogP contribution >= 0.6 is 23.1 Å². The minimum atomic E-state index is -2.73. The fraction of sp³-hybridized carbons (Fsp3) is 0.286. The van der Waals surface area contributed by atoms with Crippen LogP contribution in [0.15, 0.2) is 59.9 Å². The lowest BCUT2D eigenvalue weighted by Crippen LogP contribution is -2.45. The van der Waals surface area contributed by atoms with Crippen molar-refractivity contribution in [3.05, 3.63) is 59.9 Å². The molecule has 4 aromatic heterocycles. The van der Waals surface area contributed by atoms with Crippen molar-refractivity contribution in [1.29, 1.82) is 0 Å². The van der Waals surface area contributed by atoms with Crippen molar-refractivity contribution in [1.82, 2.24) is 39.6 Å². The van der Waals surface area contributed by atoms with Crippen molar-refractivity contribution in [2.75, 3.05) is 62.1 Å². The standard InChI is InChI=1S/C28H31BrN11OP/c1-38-9-11-40(12-10-38)27-20(18-14-34-39(2)17-18)13-19(15-32-27)35-28-33-16-21(29)26(37-28)36-23-6-5-22-24(31-8-7-30-22)25(23)42(3,4)41/h5-8,13-17H,9-12H2,1-4H3,(H2,33,35,36,37). The number of piperazine rings is 1. The Morgan fingerprint density at radius 2 is 1.71 bits per heavy atom. The van der Waals surface area contributed by atoms with Crippen molar-refractivity contribution >= 4 is 68.4 Å². The number of hydrogen-bond acceptors (Lipinski definition) is 11. The largest absolute Gasteiger partial charge is 0.354 e. The third kappa shape index (κ3) is 5.85. The molecule has 0 radical (unpaired) electrons. The van der Waals surface area contributed by atoms with Crippen LogP contribution in [0.4, 0.5) is 29.0 Å². The van der Waals surface area contributed by atoms with Crippen LogP contribution < -0.4 is 20.8 Å². The Morgan fingerprint density at radius 1 is 0.929 bits per heavy atom. The van der Waals surface area contributed by atoms with Crippen LogP contribution in [0.5, 0.6) is 0 Å². The Bertz CT molecular complexity index is 1810. The van der Waals surface area contributed by atoms with Crippen LogP contribution in [0.2, 0.25) is 0 Å². The number of fused-ring (bicyclic) bond motifs is 1. The molecular formula is C28H31BrN11OP. The van der Waals surface area contributed by atoms with E-state index in [2.05, 4.69) is 69.5 Å². The molecule has 14 heteroatoms. The molecule has 0 atom stereocenters. The number of nitrogens with zero attached hydrogens (tertiary/aromatic N) is 9. The molecule has 1 saturated heterocycles. The van der Waals surface area contributed by atoms with Gasteiger partial charge in [0.1, 0.15) is 24.3 Å². The van der Waals surface area contributed by atoms with Gasteiger partial charge in [-0.3, -0.25) is 14.6 Å². The summed E-state index contributed by atoms with van der Waals surface area (Å²) in [5.74, 6) is 1.82. The van der Waals surface area contributed by atoms with Crippen molar-refractivity contribution in [2.45, 2.75) is 0 Å². The van der Waals surface area contributed by atoms with Crippen molar-refractivity contribution in [3.8, 4) is 11.1 Å². The molecule has 6 rings (SSSR count). The fourth-order valence-corrected chi connectivity index (χ4v) is 6.69. The Hall–Kier alpha value is -3.93. The van der Waals surface area contributed by atoms with Gasteiger partial charge in [0.25, 0.3) is 0 Å². The zero-order chi connectivity index (χ0) is 29.4. The van der Waals surface area contributed by atoms with Gasteiger partial charge >= 0.3 is 0 Å². The number of rotatable bonds is 7. The lowest BCUT2D eigenvalue weighted by atomic mass is 10.1. The molecule has 5 heterocycles. The SMILES string of the molecule is CN1CCN(c2ncc(Nc3ncc(Br)c(Nc4ccc5nccnc5c4P(C)(C)=O)n3)cc2-c2cnn(C)c2)CC1. The monoisotopic (exact) mass is 647 g/mol. The highest BCUT2D eigenvalue weighted by Crippen LogP contribution is 2.41. The van der Waals surface area contributed by atoms with E-state index in [0.29, 0.717) is 38.3 Å². The molecule has 0 saturated carbocycles. The Balaban J connectivity index is 1.33. The lowest BCUT2D eigenvalue weighted by molar-refractivity contribution is 0.312. The molecule has 1 aliphatic heterocycles. The van der Waals surface area contributed by atoms with Crippen molar-refractivity contribution < 1.29 is 4.57 Å². The van der Waals surface area contributed by atoms with E-state index >= 15 is 0 Å². The first-order valence-electron chi connectivity index (χ1n) is 13.4. The number of aryl methyl sites for hydroxylation is 1. The quantitative estimate of drug-likeness (QED) is 0.243. The summed E-state index contributed by atoms with van der Waals surface area (Å²) in [4.78, 5) is 27.6. The highest BCUT2D eigenvalue weighted by molar-refractivity contribution is 9.10. The van der Waals surface area contributed by atoms with E-state index in [0.717, 1.165) is 48.8 Å². The number of likely N-dealkylation sites (N-methyl/N-ethyl adjacent to an activating group) is 1. The second-order valence-electron chi connectivity index (χ2n) is 10.7. The minimum Gasteiger partial charge on any atom is -0.354 e. The average Bonchev–Trinajstić information content (AvgIpc) is 3.40. The molecule has 1 aromatic carbocycles. The summed E-state index contributed by atoms with van der Waals surface area (Å²) < 4.78 is 15.8. The second kappa shape index (κ2) is 11.4. The molecule has 0 spiro atoms. The van der Waals surface area contributed by atoms with Crippen LogP contribution in [0.3, 0.4) is 0 Å². The van der Waals surface area contributed by atoms with Crippen LogP contribution in [-0.4, -0.2) is 86.2 Å². The smallest absolute Gasteiger partial charge is 0.229 e. The van der Waals surface area contributed by atoms with E-state index in [1.54, 1.807) is 42.8 Å². The third-order valence-corrected chi connectivity index (χ3v) is 9.20. The topological polar surface area (TPSA) is 130 Å². The van der Waals surface area contributed by atoms with Gasteiger partial charge in [-0.05, 0) is 54.5 Å². The van der Waals surface area contributed by atoms with Gasteiger partial charge in [0.2, 0.25) is 5.95 Å².